The molecule has 1 fully saturated rings. The number of hydrogen-bond acceptors (Lipinski definition) is 7. The van der Waals surface area contributed by atoms with E-state index < -0.39 is 41.1 Å². The molecule has 206 valence electrons. The molecule has 1 heterocycles. The number of barbiturate groups is 1. The van der Waals surface area contributed by atoms with Gasteiger partial charge >= 0.3 is 18.2 Å². The van der Waals surface area contributed by atoms with E-state index in [-0.39, 0.29) is 34.9 Å². The lowest BCUT2D eigenvalue weighted by molar-refractivity contribution is -0.137. The van der Waals surface area contributed by atoms with Crippen LogP contribution in [-0.4, -0.2) is 37.5 Å². The van der Waals surface area contributed by atoms with Gasteiger partial charge in [-0.1, -0.05) is 12.1 Å². The Hall–Kier alpha value is -5.13. The average molecular weight is 554 g/mol. The summed E-state index contributed by atoms with van der Waals surface area (Å²) < 4.78 is 55.6. The van der Waals surface area contributed by atoms with Crippen LogP contribution in [0.2, 0.25) is 0 Å². The van der Waals surface area contributed by atoms with E-state index in [9.17, 15) is 32.3 Å². The lowest BCUT2D eigenvalue weighted by atomic mass is 10.1. The quantitative estimate of drug-likeness (QED) is 0.189. The number of alkyl halides is 3. The standard InChI is InChI=1S/C28H21F3N2O7/c1-3-39-23-14-16(7-12-22(23)40-26(36)17-8-10-20(38-2)11-9-17)13-21-24(34)32-27(37)33(25(21)35)19-6-4-5-18(15-19)28(29,30)31/h4-15H,3H2,1-2H3,(H,32,34,37)/b21-13+. The maximum absolute atomic E-state index is 13.2. The molecule has 1 aliphatic rings. The molecule has 0 unspecified atom stereocenters. The van der Waals surface area contributed by atoms with Crippen LogP contribution in [-0.2, 0) is 15.8 Å². The molecule has 0 bridgehead atoms. The molecule has 1 aliphatic heterocycles. The van der Waals surface area contributed by atoms with Gasteiger partial charge in [0, 0.05) is 0 Å². The van der Waals surface area contributed by atoms with Crippen LogP contribution in [0.4, 0.5) is 23.7 Å². The third-order valence-electron chi connectivity index (χ3n) is 5.64. The topological polar surface area (TPSA) is 111 Å². The van der Waals surface area contributed by atoms with E-state index in [4.69, 9.17) is 14.2 Å². The summed E-state index contributed by atoms with van der Waals surface area (Å²) in [6.45, 7) is 1.88. The molecule has 0 saturated carbocycles. The normalized spacial score (nSPS) is 14.7. The number of amides is 4. The SMILES string of the molecule is CCOc1cc(/C=C2\C(=O)NC(=O)N(c3cccc(C(F)(F)F)c3)C2=O)ccc1OC(=O)c1ccc(OC)cc1. The van der Waals surface area contributed by atoms with Crippen molar-refractivity contribution in [3.05, 3.63) is 89.0 Å². The first-order valence-electron chi connectivity index (χ1n) is 11.7. The zero-order valence-electron chi connectivity index (χ0n) is 21.1. The number of ether oxygens (including phenoxy) is 3. The van der Waals surface area contributed by atoms with E-state index in [0.717, 1.165) is 24.3 Å². The van der Waals surface area contributed by atoms with Crippen molar-refractivity contribution < 1.29 is 46.6 Å². The van der Waals surface area contributed by atoms with Crippen LogP contribution in [0.5, 0.6) is 17.2 Å². The fourth-order valence-corrected chi connectivity index (χ4v) is 3.73. The zero-order valence-corrected chi connectivity index (χ0v) is 21.1. The highest BCUT2D eigenvalue weighted by atomic mass is 19.4. The minimum atomic E-state index is -4.71. The molecule has 0 radical (unpaired) electrons. The maximum Gasteiger partial charge on any atom is 0.416 e. The van der Waals surface area contributed by atoms with Gasteiger partial charge in [0.2, 0.25) is 0 Å². The van der Waals surface area contributed by atoms with E-state index in [2.05, 4.69) is 0 Å². The van der Waals surface area contributed by atoms with Gasteiger partial charge in [-0.3, -0.25) is 14.9 Å². The van der Waals surface area contributed by atoms with Crippen LogP contribution in [0, 0.1) is 0 Å². The number of nitrogens with zero attached hydrogens (tertiary/aromatic N) is 1. The number of hydrogen-bond donors (Lipinski definition) is 1. The molecule has 4 amide bonds. The third-order valence-corrected chi connectivity index (χ3v) is 5.64. The van der Waals surface area contributed by atoms with Crippen molar-refractivity contribution in [2.75, 3.05) is 18.6 Å². The largest absolute Gasteiger partial charge is 0.497 e. The number of nitrogens with one attached hydrogen (secondary N) is 1. The van der Waals surface area contributed by atoms with Gasteiger partial charge < -0.3 is 14.2 Å². The monoisotopic (exact) mass is 554 g/mol. The van der Waals surface area contributed by atoms with E-state index in [0.29, 0.717) is 16.7 Å². The van der Waals surface area contributed by atoms with Gasteiger partial charge in [-0.15, -0.1) is 0 Å². The Balaban J connectivity index is 1.63. The third kappa shape index (κ3) is 5.96. The van der Waals surface area contributed by atoms with Gasteiger partial charge in [-0.2, -0.15) is 13.2 Å². The van der Waals surface area contributed by atoms with Crippen LogP contribution in [0.1, 0.15) is 28.4 Å². The molecule has 9 nitrogen and oxygen atoms in total. The number of methoxy groups -OCH3 is 1. The average Bonchev–Trinajstić information content (AvgIpc) is 2.92. The molecule has 3 aromatic rings. The van der Waals surface area contributed by atoms with Gasteiger partial charge in [-0.05, 0) is 73.2 Å². The first kappa shape index (κ1) is 27.9. The van der Waals surface area contributed by atoms with E-state index >= 15 is 0 Å². The van der Waals surface area contributed by atoms with E-state index in [1.54, 1.807) is 19.1 Å². The summed E-state index contributed by atoms with van der Waals surface area (Å²) in [7, 11) is 1.49. The number of urea groups is 1. The summed E-state index contributed by atoms with van der Waals surface area (Å²) in [5.74, 6) is -2.10. The van der Waals surface area contributed by atoms with Crippen molar-refractivity contribution in [1.29, 1.82) is 0 Å². The summed E-state index contributed by atoms with van der Waals surface area (Å²) in [6.07, 6.45) is -3.57. The number of benzene rings is 3. The second kappa shape index (κ2) is 11.3. The summed E-state index contributed by atoms with van der Waals surface area (Å²) in [6, 6.07) is 12.8. The predicted octanol–water partition coefficient (Wildman–Crippen LogP) is 5.00. The minimum Gasteiger partial charge on any atom is -0.497 e. The Kier molecular flexibility index (Phi) is 7.89. The summed E-state index contributed by atoms with van der Waals surface area (Å²) in [4.78, 5) is 51.1. The minimum absolute atomic E-state index is 0.0602. The molecule has 4 rings (SSSR count). The Bertz CT molecular complexity index is 1520. The summed E-state index contributed by atoms with van der Waals surface area (Å²) >= 11 is 0. The van der Waals surface area contributed by atoms with Crippen molar-refractivity contribution in [1.82, 2.24) is 5.32 Å². The number of rotatable bonds is 7. The lowest BCUT2D eigenvalue weighted by Gasteiger charge is -2.27. The summed E-state index contributed by atoms with van der Waals surface area (Å²) in [5, 5.41) is 1.96. The zero-order chi connectivity index (χ0) is 29.0. The molecule has 40 heavy (non-hydrogen) atoms. The van der Waals surface area contributed by atoms with E-state index in [1.165, 1.54) is 37.4 Å². The van der Waals surface area contributed by atoms with Crippen molar-refractivity contribution in [3.63, 3.8) is 0 Å². The van der Waals surface area contributed by atoms with Gasteiger partial charge in [0.25, 0.3) is 11.8 Å². The molecule has 12 heteroatoms. The Labute approximate surface area is 225 Å². The van der Waals surface area contributed by atoms with Crippen molar-refractivity contribution in [2.45, 2.75) is 13.1 Å². The maximum atomic E-state index is 13.2. The molecule has 0 atom stereocenters. The van der Waals surface area contributed by atoms with Crippen LogP contribution in [0.15, 0.2) is 72.3 Å². The number of halogens is 3. The van der Waals surface area contributed by atoms with Crippen LogP contribution >= 0.6 is 0 Å². The molecule has 1 N–H and O–H groups in total. The molecule has 3 aromatic carbocycles. The molecular weight excluding hydrogens is 533 g/mol. The Morgan fingerprint density at radius 2 is 1.70 bits per heavy atom. The van der Waals surface area contributed by atoms with Gasteiger partial charge in [0.15, 0.2) is 11.5 Å². The number of anilines is 1. The predicted molar refractivity (Wildman–Crippen MR) is 136 cm³/mol. The second-order valence-corrected chi connectivity index (χ2v) is 8.26. The molecule has 1 saturated heterocycles. The van der Waals surface area contributed by atoms with Crippen LogP contribution < -0.4 is 24.4 Å². The molecule has 0 aromatic heterocycles. The number of carbonyl (C=O) groups is 4. The number of imide groups is 2. The van der Waals surface area contributed by atoms with Gasteiger partial charge in [0.1, 0.15) is 11.3 Å². The van der Waals surface area contributed by atoms with Gasteiger partial charge in [0.05, 0.1) is 30.5 Å². The second-order valence-electron chi connectivity index (χ2n) is 8.26. The number of carbonyl (C=O) groups excluding carboxylic acids is 4. The van der Waals surface area contributed by atoms with Crippen molar-refractivity contribution in [3.8, 4) is 17.2 Å². The number of esters is 1. The van der Waals surface area contributed by atoms with E-state index in [1.807, 2.05) is 5.32 Å². The highest BCUT2D eigenvalue weighted by molar-refractivity contribution is 6.39. The molecule has 0 aliphatic carbocycles. The molecule has 0 spiro atoms. The Morgan fingerprint density at radius 3 is 2.35 bits per heavy atom. The molecular formula is C28H21F3N2O7. The lowest BCUT2D eigenvalue weighted by Crippen LogP contribution is -2.54. The Morgan fingerprint density at radius 1 is 0.975 bits per heavy atom. The first-order valence-corrected chi connectivity index (χ1v) is 11.7. The summed E-state index contributed by atoms with van der Waals surface area (Å²) in [5.41, 5.74) is -1.45. The first-order chi connectivity index (χ1) is 19.0. The highest BCUT2D eigenvalue weighted by Crippen LogP contribution is 2.34. The van der Waals surface area contributed by atoms with Gasteiger partial charge in [-0.25, -0.2) is 14.5 Å². The highest BCUT2D eigenvalue weighted by Gasteiger charge is 2.38. The smallest absolute Gasteiger partial charge is 0.416 e. The van der Waals surface area contributed by atoms with Crippen LogP contribution in [0.25, 0.3) is 6.08 Å². The van der Waals surface area contributed by atoms with Crippen molar-refractivity contribution in [2.24, 2.45) is 0 Å². The van der Waals surface area contributed by atoms with Crippen LogP contribution in [0.3, 0.4) is 0 Å². The fourth-order valence-electron chi connectivity index (χ4n) is 3.73. The van der Waals surface area contributed by atoms with Crippen molar-refractivity contribution >= 4 is 35.6 Å². The fraction of sp³-hybridized carbons (Fsp3) is 0.143.